The summed E-state index contributed by atoms with van der Waals surface area (Å²) in [6.07, 6.45) is -0.977. The zero-order valence-electron chi connectivity index (χ0n) is 16.3. The molecule has 1 atom stereocenters. The molecule has 10 heteroatoms. The summed E-state index contributed by atoms with van der Waals surface area (Å²) in [5, 5.41) is 3.73. The number of thioether (sulfide) groups is 1. The SMILES string of the molecule is CC(=O)NC[C@H]1CN(c2ccc(N3CCN(C4=NCCS4)CC3)c(F)c2)C(=O)O1. The first kappa shape index (κ1) is 19.8. The minimum atomic E-state index is -0.532. The summed E-state index contributed by atoms with van der Waals surface area (Å²) < 4.78 is 20.1. The number of amides is 2. The number of benzene rings is 1. The van der Waals surface area contributed by atoms with Gasteiger partial charge in [-0.15, -0.1) is 0 Å². The van der Waals surface area contributed by atoms with Gasteiger partial charge in [0.05, 0.1) is 31.0 Å². The lowest BCUT2D eigenvalue weighted by Crippen LogP contribution is -2.48. The Hall–Kier alpha value is -2.49. The Kier molecular flexibility index (Phi) is 5.79. The van der Waals surface area contributed by atoms with Crippen LogP contribution < -0.4 is 15.1 Å². The molecule has 0 spiro atoms. The van der Waals surface area contributed by atoms with Crippen molar-refractivity contribution in [3.63, 3.8) is 0 Å². The van der Waals surface area contributed by atoms with Crippen LogP contribution in [0.2, 0.25) is 0 Å². The maximum Gasteiger partial charge on any atom is 0.414 e. The molecule has 8 nitrogen and oxygen atoms in total. The van der Waals surface area contributed by atoms with Gasteiger partial charge in [-0.3, -0.25) is 14.7 Å². The number of nitrogens with one attached hydrogen (secondary N) is 1. The Labute approximate surface area is 173 Å². The first-order chi connectivity index (χ1) is 14.0. The van der Waals surface area contributed by atoms with E-state index in [-0.39, 0.29) is 24.8 Å². The Balaban J connectivity index is 1.38. The quantitative estimate of drug-likeness (QED) is 0.794. The van der Waals surface area contributed by atoms with Crippen LogP contribution in [0.25, 0.3) is 0 Å². The van der Waals surface area contributed by atoms with E-state index in [1.54, 1.807) is 23.9 Å². The van der Waals surface area contributed by atoms with Crippen LogP contribution in [0, 0.1) is 5.82 Å². The molecule has 0 radical (unpaired) electrons. The minimum Gasteiger partial charge on any atom is -0.442 e. The van der Waals surface area contributed by atoms with Gasteiger partial charge in [0, 0.05) is 38.9 Å². The number of anilines is 2. The van der Waals surface area contributed by atoms with Crippen LogP contribution in [0.5, 0.6) is 0 Å². The molecule has 29 heavy (non-hydrogen) atoms. The predicted molar refractivity (Wildman–Crippen MR) is 111 cm³/mol. The molecule has 2 amide bonds. The molecule has 1 aromatic carbocycles. The molecule has 4 rings (SSSR count). The maximum absolute atomic E-state index is 14.8. The number of nitrogens with zero attached hydrogens (tertiary/aromatic N) is 4. The molecular weight excluding hydrogens is 397 g/mol. The number of aliphatic imine (C=N–C) groups is 1. The van der Waals surface area contributed by atoms with Crippen LogP contribution in [0.3, 0.4) is 0 Å². The molecule has 1 N–H and O–H groups in total. The molecular formula is C19H24FN5O3S. The summed E-state index contributed by atoms with van der Waals surface area (Å²) in [5.74, 6) is 0.492. The second-order valence-corrected chi connectivity index (χ2v) is 8.24. The number of amidine groups is 1. The summed E-state index contributed by atoms with van der Waals surface area (Å²) in [6, 6.07) is 4.83. The minimum absolute atomic E-state index is 0.186. The van der Waals surface area contributed by atoms with Crippen molar-refractivity contribution in [3.8, 4) is 0 Å². The van der Waals surface area contributed by atoms with Crippen LogP contribution in [-0.2, 0) is 9.53 Å². The van der Waals surface area contributed by atoms with E-state index in [0.29, 0.717) is 11.4 Å². The standard InChI is InChI=1S/C19H24FN5O3S/c1-13(26)22-11-15-12-25(19(27)28-15)14-2-3-17(16(20)10-14)23-5-7-24(8-6-23)18-21-4-9-29-18/h2-3,10,15H,4-9,11-12H2,1H3,(H,22,26)/t15-/m0/s1. The van der Waals surface area contributed by atoms with E-state index in [2.05, 4.69) is 15.2 Å². The number of ether oxygens (including phenoxy) is 1. The van der Waals surface area contributed by atoms with Crippen molar-refractivity contribution in [3.05, 3.63) is 24.0 Å². The van der Waals surface area contributed by atoms with Crippen molar-refractivity contribution in [2.24, 2.45) is 4.99 Å². The molecule has 0 unspecified atom stereocenters. The fourth-order valence-corrected chi connectivity index (χ4v) is 4.58. The third kappa shape index (κ3) is 4.42. The first-order valence-electron chi connectivity index (χ1n) is 9.70. The van der Waals surface area contributed by atoms with E-state index in [4.69, 9.17) is 4.74 Å². The second kappa shape index (κ2) is 8.48. The van der Waals surface area contributed by atoms with E-state index >= 15 is 0 Å². The van der Waals surface area contributed by atoms with Gasteiger partial charge in [-0.1, -0.05) is 11.8 Å². The van der Waals surface area contributed by atoms with Gasteiger partial charge in [0.1, 0.15) is 11.9 Å². The van der Waals surface area contributed by atoms with Gasteiger partial charge in [0.2, 0.25) is 5.91 Å². The number of hydrogen-bond donors (Lipinski definition) is 1. The number of rotatable bonds is 4. The third-order valence-electron chi connectivity index (χ3n) is 5.16. The lowest BCUT2D eigenvalue weighted by atomic mass is 10.2. The molecule has 0 bridgehead atoms. The molecule has 0 aliphatic carbocycles. The molecule has 3 aliphatic rings. The smallest absolute Gasteiger partial charge is 0.414 e. The van der Waals surface area contributed by atoms with Crippen LogP contribution >= 0.6 is 11.8 Å². The highest BCUT2D eigenvalue weighted by Crippen LogP contribution is 2.29. The van der Waals surface area contributed by atoms with E-state index in [0.717, 1.165) is 43.6 Å². The normalized spacial score (nSPS) is 22.0. The predicted octanol–water partition coefficient (Wildman–Crippen LogP) is 1.51. The first-order valence-corrected chi connectivity index (χ1v) is 10.7. The number of piperazine rings is 1. The van der Waals surface area contributed by atoms with Crippen molar-refractivity contribution >= 4 is 40.3 Å². The second-order valence-electron chi connectivity index (χ2n) is 7.18. The lowest BCUT2D eigenvalue weighted by molar-refractivity contribution is -0.119. The summed E-state index contributed by atoms with van der Waals surface area (Å²) in [7, 11) is 0. The van der Waals surface area contributed by atoms with Gasteiger partial charge in [-0.25, -0.2) is 9.18 Å². The fourth-order valence-electron chi connectivity index (χ4n) is 3.67. The van der Waals surface area contributed by atoms with Crippen LogP contribution in [0.4, 0.5) is 20.6 Å². The van der Waals surface area contributed by atoms with Crippen LogP contribution in [0.15, 0.2) is 23.2 Å². The molecule has 3 heterocycles. The van der Waals surface area contributed by atoms with Gasteiger partial charge >= 0.3 is 6.09 Å². The number of carbonyl (C=O) groups excluding carboxylic acids is 2. The fraction of sp³-hybridized carbons (Fsp3) is 0.526. The average molecular weight is 421 g/mol. The number of cyclic esters (lactones) is 1. The highest BCUT2D eigenvalue weighted by molar-refractivity contribution is 8.14. The van der Waals surface area contributed by atoms with Crippen molar-refractivity contribution in [2.75, 3.05) is 61.4 Å². The van der Waals surface area contributed by atoms with Crippen molar-refractivity contribution in [1.29, 1.82) is 0 Å². The molecule has 3 aliphatic heterocycles. The Morgan fingerprint density at radius 3 is 2.72 bits per heavy atom. The number of carbonyl (C=O) groups is 2. The van der Waals surface area contributed by atoms with E-state index in [1.165, 1.54) is 17.9 Å². The van der Waals surface area contributed by atoms with Gasteiger partial charge in [-0.2, -0.15) is 0 Å². The van der Waals surface area contributed by atoms with Crippen molar-refractivity contribution in [1.82, 2.24) is 10.2 Å². The average Bonchev–Trinajstić information content (AvgIpc) is 3.36. The molecule has 156 valence electrons. The Morgan fingerprint density at radius 2 is 2.07 bits per heavy atom. The highest BCUT2D eigenvalue weighted by atomic mass is 32.2. The van der Waals surface area contributed by atoms with Gasteiger partial charge < -0.3 is 19.9 Å². The summed E-state index contributed by atoms with van der Waals surface area (Å²) in [4.78, 5) is 33.3. The van der Waals surface area contributed by atoms with Gasteiger partial charge in [0.25, 0.3) is 0 Å². The number of halogens is 1. The highest BCUT2D eigenvalue weighted by Gasteiger charge is 2.33. The molecule has 2 fully saturated rings. The largest absolute Gasteiger partial charge is 0.442 e. The molecule has 2 saturated heterocycles. The van der Waals surface area contributed by atoms with Crippen LogP contribution in [-0.4, -0.2) is 79.7 Å². The summed E-state index contributed by atoms with van der Waals surface area (Å²) in [6.45, 7) is 5.87. The Morgan fingerprint density at radius 1 is 1.31 bits per heavy atom. The lowest BCUT2D eigenvalue weighted by Gasteiger charge is -2.37. The molecule has 0 aromatic heterocycles. The van der Waals surface area contributed by atoms with E-state index in [1.807, 2.05) is 4.90 Å². The molecule has 1 aromatic rings. The molecule has 0 saturated carbocycles. The van der Waals surface area contributed by atoms with Crippen molar-refractivity contribution < 1.29 is 18.7 Å². The summed E-state index contributed by atoms with van der Waals surface area (Å²) in [5.41, 5.74) is 0.994. The van der Waals surface area contributed by atoms with Crippen LogP contribution in [0.1, 0.15) is 6.92 Å². The topological polar surface area (TPSA) is 77.5 Å². The maximum atomic E-state index is 14.8. The summed E-state index contributed by atoms with van der Waals surface area (Å²) >= 11 is 1.78. The Bertz CT molecular complexity index is 828. The zero-order valence-corrected chi connectivity index (χ0v) is 17.1. The van der Waals surface area contributed by atoms with Crippen molar-refractivity contribution in [2.45, 2.75) is 13.0 Å². The van der Waals surface area contributed by atoms with Gasteiger partial charge in [-0.05, 0) is 18.2 Å². The van der Waals surface area contributed by atoms with E-state index < -0.39 is 12.2 Å². The third-order valence-corrected chi connectivity index (χ3v) is 6.19. The zero-order chi connectivity index (χ0) is 20.4. The van der Waals surface area contributed by atoms with E-state index in [9.17, 15) is 14.0 Å². The monoisotopic (exact) mass is 421 g/mol. The van der Waals surface area contributed by atoms with Gasteiger partial charge in [0.15, 0.2) is 5.17 Å². The number of hydrogen-bond acceptors (Lipinski definition) is 7.